The van der Waals surface area contributed by atoms with Gasteiger partial charge in [0, 0.05) is 5.69 Å². The van der Waals surface area contributed by atoms with E-state index in [2.05, 4.69) is 31.3 Å². The van der Waals surface area contributed by atoms with Crippen molar-refractivity contribution in [2.45, 2.75) is 27.4 Å². The van der Waals surface area contributed by atoms with Crippen LogP contribution in [0.15, 0.2) is 42.5 Å². The third kappa shape index (κ3) is 4.72. The van der Waals surface area contributed by atoms with Gasteiger partial charge in [0.2, 0.25) is 5.91 Å². The molecule has 0 saturated carbocycles. The molecule has 110 valence electrons. The Morgan fingerprint density at radius 2 is 1.67 bits per heavy atom. The first-order chi connectivity index (χ1) is 10.0. The molecule has 0 bridgehead atoms. The second kappa shape index (κ2) is 7.04. The number of nitrogens with one attached hydrogen (secondary N) is 1. The Labute approximate surface area is 126 Å². The van der Waals surface area contributed by atoms with Crippen LogP contribution in [0.2, 0.25) is 0 Å². The summed E-state index contributed by atoms with van der Waals surface area (Å²) in [6.45, 7) is 6.64. The van der Waals surface area contributed by atoms with Gasteiger partial charge in [-0.1, -0.05) is 41.5 Å². The van der Waals surface area contributed by atoms with Gasteiger partial charge in [-0.15, -0.1) is 0 Å². The monoisotopic (exact) mass is 283 g/mol. The van der Waals surface area contributed by atoms with Crippen LogP contribution < -0.4 is 5.32 Å². The number of rotatable bonds is 5. The van der Waals surface area contributed by atoms with Crippen LogP contribution in [0.25, 0.3) is 0 Å². The molecule has 0 heterocycles. The van der Waals surface area contributed by atoms with Gasteiger partial charge in [0.05, 0.1) is 6.61 Å². The zero-order chi connectivity index (χ0) is 15.2. The molecule has 0 aromatic heterocycles. The third-order valence-electron chi connectivity index (χ3n) is 3.32. The summed E-state index contributed by atoms with van der Waals surface area (Å²) >= 11 is 0. The molecule has 0 aliphatic rings. The second-order valence-corrected chi connectivity index (χ2v) is 5.34. The molecule has 1 amide bonds. The lowest BCUT2D eigenvalue weighted by Gasteiger charge is -2.09. The summed E-state index contributed by atoms with van der Waals surface area (Å²) in [4.78, 5) is 11.8. The molecule has 2 aromatic rings. The number of carbonyl (C=O) groups is 1. The van der Waals surface area contributed by atoms with E-state index in [-0.39, 0.29) is 12.5 Å². The molecule has 0 saturated heterocycles. The highest BCUT2D eigenvalue weighted by molar-refractivity contribution is 5.91. The van der Waals surface area contributed by atoms with Crippen LogP contribution in [0.1, 0.15) is 22.3 Å². The minimum absolute atomic E-state index is 0.0567. The Kier molecular flexibility index (Phi) is 5.12. The molecule has 2 aromatic carbocycles. The lowest BCUT2D eigenvalue weighted by Crippen LogP contribution is -2.18. The van der Waals surface area contributed by atoms with Crippen molar-refractivity contribution in [2.24, 2.45) is 0 Å². The number of hydrogen-bond donors (Lipinski definition) is 1. The fourth-order valence-electron chi connectivity index (χ4n) is 2.10. The first kappa shape index (κ1) is 15.3. The molecule has 3 nitrogen and oxygen atoms in total. The van der Waals surface area contributed by atoms with E-state index < -0.39 is 0 Å². The number of anilines is 1. The van der Waals surface area contributed by atoms with E-state index >= 15 is 0 Å². The fourth-order valence-corrected chi connectivity index (χ4v) is 2.10. The van der Waals surface area contributed by atoms with Crippen molar-refractivity contribution in [1.82, 2.24) is 0 Å². The maximum Gasteiger partial charge on any atom is 0.250 e. The van der Waals surface area contributed by atoms with Crippen LogP contribution in [0.4, 0.5) is 5.69 Å². The summed E-state index contributed by atoms with van der Waals surface area (Å²) in [5.74, 6) is -0.136. The zero-order valence-corrected chi connectivity index (χ0v) is 12.8. The number of hydrogen-bond acceptors (Lipinski definition) is 2. The van der Waals surface area contributed by atoms with E-state index in [0.29, 0.717) is 6.61 Å². The number of benzene rings is 2. The highest BCUT2D eigenvalue weighted by Gasteiger charge is 2.04. The standard InChI is InChI=1S/C18H21NO2/c1-13-5-8-17(9-6-13)19-18(20)12-21-11-16-7-4-14(2)10-15(16)3/h4-10H,11-12H2,1-3H3,(H,19,20). The molecule has 0 aliphatic carbocycles. The summed E-state index contributed by atoms with van der Waals surface area (Å²) in [7, 11) is 0. The quantitative estimate of drug-likeness (QED) is 0.907. The van der Waals surface area contributed by atoms with E-state index in [1.54, 1.807) is 0 Å². The minimum atomic E-state index is -0.136. The smallest absolute Gasteiger partial charge is 0.250 e. The van der Waals surface area contributed by atoms with Gasteiger partial charge >= 0.3 is 0 Å². The first-order valence-corrected chi connectivity index (χ1v) is 7.05. The Balaban J connectivity index is 1.80. The summed E-state index contributed by atoms with van der Waals surface area (Å²) < 4.78 is 5.49. The van der Waals surface area contributed by atoms with E-state index in [1.807, 2.05) is 37.3 Å². The molecular weight excluding hydrogens is 262 g/mol. The fraction of sp³-hybridized carbons (Fsp3) is 0.278. The number of carbonyl (C=O) groups excluding carboxylic acids is 1. The predicted octanol–water partition coefficient (Wildman–Crippen LogP) is 3.77. The predicted molar refractivity (Wildman–Crippen MR) is 85.4 cm³/mol. The van der Waals surface area contributed by atoms with Gasteiger partial charge < -0.3 is 10.1 Å². The summed E-state index contributed by atoms with van der Waals surface area (Å²) in [5, 5.41) is 2.82. The number of aryl methyl sites for hydroxylation is 3. The van der Waals surface area contributed by atoms with Crippen LogP contribution >= 0.6 is 0 Å². The van der Waals surface area contributed by atoms with Crippen LogP contribution in [0.5, 0.6) is 0 Å². The van der Waals surface area contributed by atoms with Crippen molar-refractivity contribution >= 4 is 11.6 Å². The van der Waals surface area contributed by atoms with Crippen LogP contribution in [0.3, 0.4) is 0 Å². The van der Waals surface area contributed by atoms with E-state index in [0.717, 1.165) is 11.3 Å². The molecule has 0 fully saturated rings. The van der Waals surface area contributed by atoms with Crippen molar-refractivity contribution in [2.75, 3.05) is 11.9 Å². The lowest BCUT2D eigenvalue weighted by molar-refractivity contribution is -0.121. The third-order valence-corrected chi connectivity index (χ3v) is 3.32. The SMILES string of the molecule is Cc1ccc(NC(=O)COCc2ccc(C)cc2C)cc1. The van der Waals surface area contributed by atoms with Gasteiger partial charge in [0.25, 0.3) is 0 Å². The molecule has 3 heteroatoms. The normalized spacial score (nSPS) is 10.4. The van der Waals surface area contributed by atoms with Crippen LogP contribution in [0, 0.1) is 20.8 Å². The largest absolute Gasteiger partial charge is 0.367 e. The van der Waals surface area contributed by atoms with Crippen molar-refractivity contribution < 1.29 is 9.53 Å². The van der Waals surface area contributed by atoms with E-state index in [4.69, 9.17) is 4.74 Å². The zero-order valence-electron chi connectivity index (χ0n) is 12.8. The van der Waals surface area contributed by atoms with E-state index in [9.17, 15) is 4.79 Å². The molecule has 1 N–H and O–H groups in total. The van der Waals surface area contributed by atoms with Gasteiger partial charge in [0.15, 0.2) is 0 Å². The summed E-state index contributed by atoms with van der Waals surface area (Å²) in [5.41, 5.74) is 5.49. The Hall–Kier alpha value is -2.13. The average Bonchev–Trinajstić information content (AvgIpc) is 2.44. The van der Waals surface area contributed by atoms with Crippen molar-refractivity contribution in [3.63, 3.8) is 0 Å². The van der Waals surface area contributed by atoms with Crippen molar-refractivity contribution in [3.8, 4) is 0 Å². The highest BCUT2D eigenvalue weighted by atomic mass is 16.5. The average molecular weight is 283 g/mol. The lowest BCUT2D eigenvalue weighted by atomic mass is 10.1. The van der Waals surface area contributed by atoms with Crippen LogP contribution in [-0.4, -0.2) is 12.5 Å². The van der Waals surface area contributed by atoms with Gasteiger partial charge in [-0.25, -0.2) is 0 Å². The van der Waals surface area contributed by atoms with Crippen molar-refractivity contribution in [1.29, 1.82) is 0 Å². The summed E-state index contributed by atoms with van der Waals surface area (Å²) in [6, 6.07) is 13.9. The molecule has 0 radical (unpaired) electrons. The van der Waals surface area contributed by atoms with Gasteiger partial charge in [-0.3, -0.25) is 4.79 Å². The molecule has 2 rings (SSSR count). The molecule has 21 heavy (non-hydrogen) atoms. The van der Waals surface area contributed by atoms with Gasteiger partial charge in [0.1, 0.15) is 6.61 Å². The molecule has 0 aliphatic heterocycles. The molecular formula is C18H21NO2. The maximum atomic E-state index is 11.8. The highest BCUT2D eigenvalue weighted by Crippen LogP contribution is 2.12. The summed E-state index contributed by atoms with van der Waals surface area (Å²) in [6.07, 6.45) is 0. The Morgan fingerprint density at radius 1 is 1.00 bits per heavy atom. The van der Waals surface area contributed by atoms with Crippen molar-refractivity contribution in [3.05, 3.63) is 64.7 Å². The van der Waals surface area contributed by atoms with Gasteiger partial charge in [-0.05, 0) is 44.0 Å². The Bertz CT molecular complexity index is 618. The second-order valence-electron chi connectivity index (χ2n) is 5.34. The molecule has 0 spiro atoms. The molecule has 0 unspecified atom stereocenters. The topological polar surface area (TPSA) is 38.3 Å². The molecule has 0 atom stereocenters. The Morgan fingerprint density at radius 3 is 2.33 bits per heavy atom. The first-order valence-electron chi connectivity index (χ1n) is 7.05. The van der Waals surface area contributed by atoms with E-state index in [1.165, 1.54) is 16.7 Å². The minimum Gasteiger partial charge on any atom is -0.367 e. The van der Waals surface area contributed by atoms with Gasteiger partial charge in [-0.2, -0.15) is 0 Å². The number of ether oxygens (including phenoxy) is 1. The van der Waals surface area contributed by atoms with Crippen LogP contribution in [-0.2, 0) is 16.1 Å². The maximum absolute atomic E-state index is 11.8. The number of amides is 1.